The minimum Gasteiger partial charge on any atom is -0.397 e. The van der Waals surface area contributed by atoms with Crippen LogP contribution in [0.1, 0.15) is 32.6 Å². The summed E-state index contributed by atoms with van der Waals surface area (Å²) < 4.78 is 1.03. The molecule has 0 amide bonds. The first kappa shape index (κ1) is 11.8. The normalized spacial score (nSPS) is 25.4. The fourth-order valence-corrected chi connectivity index (χ4v) is 2.83. The zero-order chi connectivity index (χ0) is 11.5. The molecule has 0 unspecified atom stereocenters. The van der Waals surface area contributed by atoms with Gasteiger partial charge in [-0.2, -0.15) is 0 Å². The van der Waals surface area contributed by atoms with Crippen LogP contribution >= 0.6 is 15.9 Å². The fraction of sp³-hybridized carbons (Fsp3) is 0.538. The van der Waals surface area contributed by atoms with E-state index in [4.69, 9.17) is 5.73 Å². The lowest BCUT2D eigenvalue weighted by Crippen LogP contribution is -2.26. The van der Waals surface area contributed by atoms with E-state index in [2.05, 4.69) is 34.2 Å². The Morgan fingerprint density at radius 2 is 2.19 bits per heavy atom. The second-order valence-corrected chi connectivity index (χ2v) is 5.76. The van der Waals surface area contributed by atoms with Crippen LogP contribution in [0.5, 0.6) is 0 Å². The van der Waals surface area contributed by atoms with E-state index in [1.807, 2.05) is 12.1 Å². The molecule has 0 aliphatic heterocycles. The quantitative estimate of drug-likeness (QED) is 0.804. The highest BCUT2D eigenvalue weighted by molar-refractivity contribution is 9.10. The molecule has 2 nitrogen and oxygen atoms in total. The van der Waals surface area contributed by atoms with Gasteiger partial charge in [0.25, 0.3) is 0 Å². The molecule has 0 heterocycles. The maximum atomic E-state index is 5.98. The Labute approximate surface area is 106 Å². The standard InChI is InChI=1S/C13H19BrN2/c1-9-3-2-4-11(7-9)16-13-6-5-10(14)8-12(13)15/h5-6,8-9,11,16H,2-4,7,15H2,1H3/t9-,11-/m1/s1. The number of nitrogens with one attached hydrogen (secondary N) is 1. The van der Waals surface area contributed by atoms with Crippen molar-refractivity contribution in [3.63, 3.8) is 0 Å². The predicted octanol–water partition coefficient (Wildman–Crippen LogP) is 4.02. The second kappa shape index (κ2) is 5.09. The molecule has 0 saturated heterocycles. The third-order valence-electron chi connectivity index (χ3n) is 3.31. The molecule has 0 aromatic heterocycles. The van der Waals surface area contributed by atoms with Crippen molar-refractivity contribution in [1.82, 2.24) is 0 Å². The molecule has 1 fully saturated rings. The van der Waals surface area contributed by atoms with Crippen molar-refractivity contribution in [2.24, 2.45) is 5.92 Å². The van der Waals surface area contributed by atoms with E-state index in [-0.39, 0.29) is 0 Å². The smallest absolute Gasteiger partial charge is 0.0576 e. The Morgan fingerprint density at radius 3 is 2.88 bits per heavy atom. The lowest BCUT2D eigenvalue weighted by Gasteiger charge is -2.28. The van der Waals surface area contributed by atoms with Crippen LogP contribution < -0.4 is 11.1 Å². The van der Waals surface area contributed by atoms with Gasteiger partial charge in [-0.15, -0.1) is 0 Å². The second-order valence-electron chi connectivity index (χ2n) is 4.84. The maximum absolute atomic E-state index is 5.98. The Morgan fingerprint density at radius 1 is 1.38 bits per heavy atom. The lowest BCUT2D eigenvalue weighted by atomic mass is 9.87. The Hall–Kier alpha value is -0.700. The Bertz CT molecular complexity index is 365. The van der Waals surface area contributed by atoms with Crippen molar-refractivity contribution >= 4 is 27.3 Å². The number of halogens is 1. The van der Waals surface area contributed by atoms with Crippen LogP contribution in [-0.2, 0) is 0 Å². The number of nitrogen functional groups attached to an aromatic ring is 1. The van der Waals surface area contributed by atoms with Crippen molar-refractivity contribution in [2.45, 2.75) is 38.6 Å². The molecule has 1 aromatic rings. The maximum Gasteiger partial charge on any atom is 0.0576 e. The Balaban J connectivity index is 2.02. The number of hydrogen-bond donors (Lipinski definition) is 2. The molecule has 0 radical (unpaired) electrons. The molecule has 1 aliphatic carbocycles. The highest BCUT2D eigenvalue weighted by Crippen LogP contribution is 2.29. The average Bonchev–Trinajstić information content (AvgIpc) is 2.22. The van der Waals surface area contributed by atoms with E-state index in [1.165, 1.54) is 25.7 Å². The van der Waals surface area contributed by atoms with E-state index < -0.39 is 0 Å². The molecular weight excluding hydrogens is 264 g/mol. The SMILES string of the molecule is C[C@@H]1CCC[C@@H](Nc2ccc(Br)cc2N)C1. The van der Waals surface area contributed by atoms with Crippen LogP contribution in [0, 0.1) is 5.92 Å². The molecule has 1 aliphatic rings. The zero-order valence-corrected chi connectivity index (χ0v) is 11.3. The summed E-state index contributed by atoms with van der Waals surface area (Å²) >= 11 is 3.42. The van der Waals surface area contributed by atoms with E-state index in [1.54, 1.807) is 0 Å². The molecule has 0 bridgehead atoms. The third kappa shape index (κ3) is 2.91. The van der Waals surface area contributed by atoms with Crippen molar-refractivity contribution in [1.29, 1.82) is 0 Å². The van der Waals surface area contributed by atoms with Gasteiger partial charge in [0.2, 0.25) is 0 Å². The van der Waals surface area contributed by atoms with Gasteiger partial charge in [-0.25, -0.2) is 0 Å². The van der Waals surface area contributed by atoms with Crippen LogP contribution in [0.3, 0.4) is 0 Å². The minimum atomic E-state index is 0.590. The average molecular weight is 283 g/mol. The lowest BCUT2D eigenvalue weighted by molar-refractivity contribution is 0.359. The molecule has 2 atom stereocenters. The van der Waals surface area contributed by atoms with Crippen molar-refractivity contribution in [3.8, 4) is 0 Å². The summed E-state index contributed by atoms with van der Waals surface area (Å²) in [5.74, 6) is 0.836. The van der Waals surface area contributed by atoms with Crippen LogP contribution in [0.4, 0.5) is 11.4 Å². The van der Waals surface area contributed by atoms with Gasteiger partial charge in [-0.05, 0) is 37.0 Å². The van der Waals surface area contributed by atoms with Gasteiger partial charge < -0.3 is 11.1 Å². The monoisotopic (exact) mass is 282 g/mol. The predicted molar refractivity (Wildman–Crippen MR) is 73.6 cm³/mol. The summed E-state index contributed by atoms with van der Waals surface area (Å²) in [7, 11) is 0. The van der Waals surface area contributed by atoms with Gasteiger partial charge in [0, 0.05) is 10.5 Å². The first-order valence-electron chi connectivity index (χ1n) is 5.96. The van der Waals surface area contributed by atoms with Crippen molar-refractivity contribution < 1.29 is 0 Å². The molecule has 88 valence electrons. The van der Waals surface area contributed by atoms with Gasteiger partial charge in [0.1, 0.15) is 0 Å². The van der Waals surface area contributed by atoms with E-state index in [0.717, 1.165) is 21.8 Å². The molecule has 1 saturated carbocycles. The highest BCUT2D eigenvalue weighted by Gasteiger charge is 2.18. The van der Waals surface area contributed by atoms with Crippen LogP contribution in [-0.4, -0.2) is 6.04 Å². The van der Waals surface area contributed by atoms with E-state index >= 15 is 0 Å². The van der Waals surface area contributed by atoms with E-state index in [9.17, 15) is 0 Å². The molecular formula is C13H19BrN2. The number of hydrogen-bond acceptors (Lipinski definition) is 2. The van der Waals surface area contributed by atoms with Gasteiger partial charge in [0.15, 0.2) is 0 Å². The van der Waals surface area contributed by atoms with Crippen LogP contribution in [0.25, 0.3) is 0 Å². The molecule has 2 rings (SSSR count). The van der Waals surface area contributed by atoms with Crippen LogP contribution in [0.15, 0.2) is 22.7 Å². The van der Waals surface area contributed by atoms with Crippen molar-refractivity contribution in [2.75, 3.05) is 11.1 Å². The number of nitrogens with two attached hydrogens (primary N) is 1. The minimum absolute atomic E-state index is 0.590. The first-order chi connectivity index (χ1) is 7.65. The summed E-state index contributed by atoms with van der Waals surface area (Å²) in [6, 6.07) is 6.63. The summed E-state index contributed by atoms with van der Waals surface area (Å²) in [5.41, 5.74) is 7.88. The summed E-state index contributed by atoms with van der Waals surface area (Å²) in [4.78, 5) is 0. The van der Waals surface area contributed by atoms with Crippen LogP contribution in [0.2, 0.25) is 0 Å². The van der Waals surface area contributed by atoms with Gasteiger partial charge in [0.05, 0.1) is 11.4 Å². The fourth-order valence-electron chi connectivity index (χ4n) is 2.45. The van der Waals surface area contributed by atoms with Gasteiger partial charge >= 0.3 is 0 Å². The topological polar surface area (TPSA) is 38.0 Å². The first-order valence-corrected chi connectivity index (χ1v) is 6.76. The summed E-state index contributed by atoms with van der Waals surface area (Å²) in [6.45, 7) is 2.33. The van der Waals surface area contributed by atoms with Gasteiger partial charge in [-0.3, -0.25) is 0 Å². The molecule has 3 N–H and O–H groups in total. The zero-order valence-electron chi connectivity index (χ0n) is 9.67. The molecule has 3 heteroatoms. The van der Waals surface area contributed by atoms with Gasteiger partial charge in [-0.1, -0.05) is 35.7 Å². The molecule has 1 aromatic carbocycles. The highest BCUT2D eigenvalue weighted by atomic mass is 79.9. The number of benzene rings is 1. The summed E-state index contributed by atoms with van der Waals surface area (Å²) in [6.07, 6.45) is 5.22. The largest absolute Gasteiger partial charge is 0.397 e. The summed E-state index contributed by atoms with van der Waals surface area (Å²) in [5, 5.41) is 3.56. The van der Waals surface area contributed by atoms with E-state index in [0.29, 0.717) is 6.04 Å². The number of anilines is 2. The van der Waals surface area contributed by atoms with Crippen molar-refractivity contribution in [3.05, 3.63) is 22.7 Å². The third-order valence-corrected chi connectivity index (χ3v) is 3.80. The molecule has 16 heavy (non-hydrogen) atoms. The Kier molecular flexibility index (Phi) is 3.74. The number of rotatable bonds is 2. The molecule has 0 spiro atoms.